The molecule has 188 valence electrons. The number of piperidine rings is 1. The van der Waals surface area contributed by atoms with Gasteiger partial charge in [-0.15, -0.1) is 0 Å². The molecule has 1 atom stereocenters. The number of aromatic amines is 1. The third-order valence-corrected chi connectivity index (χ3v) is 6.17. The Labute approximate surface area is 213 Å². The monoisotopic (exact) mass is 510 g/mol. The maximum absolute atomic E-state index is 14.2. The van der Waals surface area contributed by atoms with Gasteiger partial charge < -0.3 is 19.9 Å². The minimum Gasteiger partial charge on any atom is -0.429 e. The number of aromatic nitrogens is 4. The number of halogens is 2. The molecule has 0 spiro atoms. The fraction of sp³-hybridized carbons (Fsp3) is 0.308. The zero-order valence-corrected chi connectivity index (χ0v) is 20.9. The van der Waals surface area contributed by atoms with Gasteiger partial charge in [0.15, 0.2) is 17.5 Å². The second-order valence-electron chi connectivity index (χ2n) is 8.82. The van der Waals surface area contributed by atoms with E-state index in [1.807, 2.05) is 19.1 Å². The summed E-state index contributed by atoms with van der Waals surface area (Å²) in [6.07, 6.45) is 6.85. The highest BCUT2D eigenvalue weighted by Crippen LogP contribution is 2.28. The quantitative estimate of drug-likeness (QED) is 0.348. The number of pyridine rings is 1. The number of hydrogen-bond donors (Lipinski definition) is 2. The molecule has 10 heteroatoms. The average molecular weight is 511 g/mol. The fourth-order valence-corrected chi connectivity index (χ4v) is 4.29. The largest absolute Gasteiger partial charge is 0.429 e. The zero-order valence-electron chi connectivity index (χ0n) is 20.2. The third kappa shape index (κ3) is 6.56. The van der Waals surface area contributed by atoms with Crippen molar-refractivity contribution in [3.8, 4) is 17.1 Å². The summed E-state index contributed by atoms with van der Waals surface area (Å²) in [5, 5.41) is 4.50. The highest BCUT2D eigenvalue weighted by molar-refractivity contribution is 6.31. The Morgan fingerprint density at radius 3 is 2.83 bits per heavy atom. The molecule has 4 aromatic rings. The molecule has 1 unspecified atom stereocenters. The summed E-state index contributed by atoms with van der Waals surface area (Å²) in [4.78, 5) is 28.0. The molecule has 1 aliphatic rings. The summed E-state index contributed by atoms with van der Waals surface area (Å²) >= 11 is 6.05. The Balaban J connectivity index is 0.000000256. The lowest BCUT2D eigenvalue weighted by atomic mass is 9.98. The number of H-pyrrole nitrogens is 1. The minimum atomic E-state index is -0.450. The molecule has 36 heavy (non-hydrogen) atoms. The zero-order chi connectivity index (χ0) is 25.5. The van der Waals surface area contributed by atoms with Gasteiger partial charge in [-0.3, -0.25) is 4.79 Å². The molecule has 4 heterocycles. The smallest absolute Gasteiger partial charge is 0.298 e. The van der Waals surface area contributed by atoms with Gasteiger partial charge in [0.05, 0.1) is 11.2 Å². The third-order valence-electron chi connectivity index (χ3n) is 5.97. The first-order valence-electron chi connectivity index (χ1n) is 11.7. The maximum atomic E-state index is 14.2. The standard InChI is InChI=1S/C18H20ClFN6.C8H8O2/c1-26-4-2-3-11(10-26)6-21-18-15(20)9-24-17(25-18)14-8-23-16-13(14)5-12(19)7-22-16;1-7-2-4-8(5-3-7)10-6-9/h5,7-9,11H,2-4,6,10H2,1H3,(H,22,23)(H,21,24,25);2-6H,1H3. The van der Waals surface area contributed by atoms with Crippen LogP contribution in [0.25, 0.3) is 22.4 Å². The number of carbonyl (C=O) groups is 1. The lowest BCUT2D eigenvalue weighted by Gasteiger charge is -2.29. The topological polar surface area (TPSA) is 96.0 Å². The summed E-state index contributed by atoms with van der Waals surface area (Å²) < 4.78 is 18.8. The van der Waals surface area contributed by atoms with Crippen molar-refractivity contribution in [3.05, 3.63) is 65.3 Å². The number of ether oxygens (including phenoxy) is 1. The molecule has 3 aromatic heterocycles. The van der Waals surface area contributed by atoms with Crippen LogP contribution in [-0.2, 0) is 4.79 Å². The van der Waals surface area contributed by atoms with Crippen LogP contribution in [0.5, 0.6) is 5.75 Å². The molecule has 8 nitrogen and oxygen atoms in total. The first-order valence-corrected chi connectivity index (χ1v) is 12.1. The number of likely N-dealkylation sites (tertiary alicyclic amines) is 1. The number of carbonyl (C=O) groups excluding carboxylic acids is 1. The van der Waals surface area contributed by atoms with E-state index in [1.165, 1.54) is 12.6 Å². The van der Waals surface area contributed by atoms with Crippen LogP contribution in [0.15, 0.2) is 48.9 Å². The predicted molar refractivity (Wildman–Crippen MR) is 139 cm³/mol. The summed E-state index contributed by atoms with van der Waals surface area (Å²) in [6.45, 7) is 5.23. The molecule has 1 aromatic carbocycles. The Morgan fingerprint density at radius 2 is 2.08 bits per heavy atom. The van der Waals surface area contributed by atoms with Gasteiger partial charge in [0, 0.05) is 36.4 Å². The molecule has 0 amide bonds. The van der Waals surface area contributed by atoms with Gasteiger partial charge in [0.25, 0.3) is 6.47 Å². The number of nitrogens with zero attached hydrogens (tertiary/aromatic N) is 4. The van der Waals surface area contributed by atoms with Gasteiger partial charge >= 0.3 is 0 Å². The molecule has 0 bridgehead atoms. The molecular formula is C26H28ClFN6O2. The molecular weight excluding hydrogens is 483 g/mol. The summed E-state index contributed by atoms with van der Waals surface area (Å²) in [5.74, 6) is 1.29. The number of nitrogens with one attached hydrogen (secondary N) is 2. The van der Waals surface area contributed by atoms with Crippen LogP contribution >= 0.6 is 11.6 Å². The van der Waals surface area contributed by atoms with E-state index in [0.29, 0.717) is 41.2 Å². The van der Waals surface area contributed by atoms with Crippen molar-refractivity contribution < 1.29 is 13.9 Å². The highest BCUT2D eigenvalue weighted by Gasteiger charge is 2.18. The van der Waals surface area contributed by atoms with Gasteiger partial charge in [0.2, 0.25) is 0 Å². The summed E-state index contributed by atoms with van der Waals surface area (Å²) in [7, 11) is 2.12. The number of fused-ring (bicyclic) bond motifs is 1. The van der Waals surface area contributed by atoms with E-state index < -0.39 is 5.82 Å². The van der Waals surface area contributed by atoms with Gasteiger partial charge in [-0.05, 0) is 57.5 Å². The number of benzene rings is 1. The van der Waals surface area contributed by atoms with Crippen LogP contribution in [-0.4, -0.2) is 58.0 Å². The summed E-state index contributed by atoms with van der Waals surface area (Å²) in [6, 6.07) is 9.08. The van der Waals surface area contributed by atoms with Crippen molar-refractivity contribution in [1.29, 1.82) is 0 Å². The van der Waals surface area contributed by atoms with Gasteiger partial charge in [-0.1, -0.05) is 29.3 Å². The molecule has 5 rings (SSSR count). The Morgan fingerprint density at radius 1 is 1.28 bits per heavy atom. The van der Waals surface area contributed by atoms with Crippen LogP contribution in [0.1, 0.15) is 18.4 Å². The van der Waals surface area contributed by atoms with Crippen LogP contribution in [0.2, 0.25) is 5.02 Å². The molecule has 1 fully saturated rings. The predicted octanol–water partition coefficient (Wildman–Crippen LogP) is 5.10. The van der Waals surface area contributed by atoms with Gasteiger partial charge in [-0.25, -0.2) is 19.3 Å². The average Bonchev–Trinajstić information content (AvgIpc) is 3.29. The number of anilines is 1. The number of hydrogen-bond acceptors (Lipinski definition) is 7. The maximum Gasteiger partial charge on any atom is 0.298 e. The van der Waals surface area contributed by atoms with Crippen molar-refractivity contribution >= 4 is 34.9 Å². The highest BCUT2D eigenvalue weighted by atomic mass is 35.5. The van der Waals surface area contributed by atoms with Crippen molar-refractivity contribution in [2.24, 2.45) is 5.92 Å². The lowest BCUT2D eigenvalue weighted by Crippen LogP contribution is -2.35. The molecule has 1 saturated heterocycles. The van der Waals surface area contributed by atoms with E-state index in [9.17, 15) is 9.18 Å². The van der Waals surface area contributed by atoms with Crippen molar-refractivity contribution in [1.82, 2.24) is 24.8 Å². The van der Waals surface area contributed by atoms with E-state index in [1.54, 1.807) is 30.6 Å². The van der Waals surface area contributed by atoms with E-state index in [0.717, 1.165) is 36.0 Å². The van der Waals surface area contributed by atoms with E-state index in [2.05, 4.69) is 41.9 Å². The second kappa shape index (κ2) is 11.9. The Hall–Kier alpha value is -3.56. The van der Waals surface area contributed by atoms with E-state index in [4.69, 9.17) is 11.6 Å². The van der Waals surface area contributed by atoms with E-state index in [-0.39, 0.29) is 5.82 Å². The van der Waals surface area contributed by atoms with E-state index >= 15 is 0 Å². The first-order chi connectivity index (χ1) is 17.4. The normalized spacial score (nSPS) is 15.7. The SMILES string of the molecule is CN1CCCC(CNc2nc(-c3c[nH]c4ncc(Cl)cc34)ncc2F)C1.Cc1ccc(OC=O)cc1. The Kier molecular flexibility index (Phi) is 8.45. The van der Waals surface area contributed by atoms with Gasteiger partial charge in [0.1, 0.15) is 11.4 Å². The Bertz CT molecular complexity index is 1310. The molecule has 0 aliphatic carbocycles. The van der Waals surface area contributed by atoms with Crippen LogP contribution in [0.3, 0.4) is 0 Å². The van der Waals surface area contributed by atoms with Crippen LogP contribution < -0.4 is 10.1 Å². The molecule has 1 aliphatic heterocycles. The van der Waals surface area contributed by atoms with Crippen LogP contribution in [0, 0.1) is 18.7 Å². The first kappa shape index (κ1) is 25.5. The van der Waals surface area contributed by atoms with Crippen LogP contribution in [0.4, 0.5) is 10.2 Å². The fourth-order valence-electron chi connectivity index (χ4n) is 4.14. The summed E-state index contributed by atoms with van der Waals surface area (Å²) in [5.41, 5.74) is 2.59. The molecule has 0 radical (unpaired) electrons. The van der Waals surface area contributed by atoms with Crippen molar-refractivity contribution in [3.63, 3.8) is 0 Å². The number of rotatable bonds is 6. The number of aryl methyl sites for hydroxylation is 1. The van der Waals surface area contributed by atoms with Crippen molar-refractivity contribution in [2.75, 3.05) is 32.0 Å². The molecule has 2 N–H and O–H groups in total. The second-order valence-corrected chi connectivity index (χ2v) is 9.26. The van der Waals surface area contributed by atoms with Gasteiger partial charge in [-0.2, -0.15) is 0 Å². The lowest BCUT2D eigenvalue weighted by molar-refractivity contribution is -0.120. The molecule has 0 saturated carbocycles. The van der Waals surface area contributed by atoms with Crippen molar-refractivity contribution in [2.45, 2.75) is 19.8 Å². The minimum absolute atomic E-state index is 0.229.